The Balaban J connectivity index is 1.77. The Labute approximate surface area is 121 Å². The Bertz CT molecular complexity index is 400. The number of halogens is 1. The van der Waals surface area contributed by atoms with Gasteiger partial charge in [-0.2, -0.15) is 0 Å². The molecular weight excluding hydrogens is 258 g/mol. The molecule has 0 spiro atoms. The molecule has 1 fully saturated rings. The molecule has 3 nitrogen and oxygen atoms in total. The van der Waals surface area contributed by atoms with Crippen LogP contribution in [0.1, 0.15) is 51.8 Å². The van der Waals surface area contributed by atoms with E-state index < -0.39 is 0 Å². The number of aromatic nitrogens is 2. The largest absolute Gasteiger partial charge is 0.370 e. The van der Waals surface area contributed by atoms with Gasteiger partial charge in [-0.15, -0.1) is 0 Å². The Morgan fingerprint density at radius 2 is 2.00 bits per heavy atom. The van der Waals surface area contributed by atoms with Crippen molar-refractivity contribution in [2.24, 2.45) is 11.8 Å². The molecule has 1 aliphatic rings. The second-order valence-electron chi connectivity index (χ2n) is 5.69. The van der Waals surface area contributed by atoms with Crippen LogP contribution in [0, 0.1) is 11.8 Å². The van der Waals surface area contributed by atoms with Gasteiger partial charge in [0.2, 0.25) is 0 Å². The van der Waals surface area contributed by atoms with Crippen LogP contribution < -0.4 is 5.32 Å². The summed E-state index contributed by atoms with van der Waals surface area (Å²) in [6.07, 6.45) is 7.60. The van der Waals surface area contributed by atoms with Crippen LogP contribution in [0.2, 0.25) is 5.15 Å². The minimum absolute atomic E-state index is 0.529. The number of hydrogen-bond donors (Lipinski definition) is 1. The number of rotatable bonds is 5. The van der Waals surface area contributed by atoms with E-state index >= 15 is 0 Å². The normalized spacial score (nSPS) is 23.3. The quantitative estimate of drug-likeness (QED) is 0.817. The number of nitrogens with zero attached hydrogens (tertiary/aromatic N) is 2. The van der Waals surface area contributed by atoms with E-state index in [1.165, 1.54) is 32.1 Å². The SMILES string of the molecule is CCc1nc(Cl)cc(NCCC2CCC(C)CC2)n1. The van der Waals surface area contributed by atoms with Crippen LogP contribution >= 0.6 is 11.6 Å². The summed E-state index contributed by atoms with van der Waals surface area (Å²) in [5.74, 6) is 3.48. The smallest absolute Gasteiger partial charge is 0.134 e. The maximum absolute atomic E-state index is 5.98. The summed E-state index contributed by atoms with van der Waals surface area (Å²) in [5, 5.41) is 3.91. The number of aryl methyl sites for hydroxylation is 1. The molecule has 4 heteroatoms. The molecule has 0 aromatic carbocycles. The molecule has 0 unspecified atom stereocenters. The fraction of sp³-hybridized carbons (Fsp3) is 0.733. The predicted octanol–water partition coefficient (Wildman–Crippen LogP) is 4.32. The van der Waals surface area contributed by atoms with Crippen molar-refractivity contribution in [1.82, 2.24) is 9.97 Å². The highest BCUT2D eigenvalue weighted by Gasteiger charge is 2.17. The van der Waals surface area contributed by atoms with E-state index in [0.717, 1.165) is 36.4 Å². The highest BCUT2D eigenvalue weighted by Crippen LogP contribution is 2.30. The summed E-state index contributed by atoms with van der Waals surface area (Å²) in [5.41, 5.74) is 0. The average molecular weight is 282 g/mol. The highest BCUT2D eigenvalue weighted by atomic mass is 35.5. The molecule has 0 radical (unpaired) electrons. The van der Waals surface area contributed by atoms with Gasteiger partial charge in [-0.1, -0.05) is 51.1 Å². The summed E-state index contributed by atoms with van der Waals surface area (Å²) in [6.45, 7) is 5.39. The van der Waals surface area contributed by atoms with Crippen LogP contribution in [-0.4, -0.2) is 16.5 Å². The van der Waals surface area contributed by atoms with E-state index in [0.29, 0.717) is 5.15 Å². The van der Waals surface area contributed by atoms with Gasteiger partial charge in [-0.05, 0) is 18.3 Å². The molecule has 2 rings (SSSR count). The standard InChI is InChI=1S/C15H24ClN3/c1-3-14-18-13(16)10-15(19-14)17-9-8-12-6-4-11(2)5-7-12/h10-12H,3-9H2,1-2H3,(H,17,18,19). The molecule has 0 amide bonds. The zero-order valence-electron chi connectivity index (χ0n) is 12.0. The summed E-state index contributed by atoms with van der Waals surface area (Å²) in [6, 6.07) is 1.81. The Hall–Kier alpha value is -0.830. The molecule has 0 atom stereocenters. The van der Waals surface area contributed by atoms with E-state index in [9.17, 15) is 0 Å². The number of nitrogens with one attached hydrogen (secondary N) is 1. The fourth-order valence-electron chi connectivity index (χ4n) is 2.74. The van der Waals surface area contributed by atoms with E-state index in [2.05, 4.69) is 22.2 Å². The topological polar surface area (TPSA) is 37.8 Å². The maximum atomic E-state index is 5.98. The molecule has 1 N–H and O–H groups in total. The van der Waals surface area contributed by atoms with Crippen molar-refractivity contribution in [3.05, 3.63) is 17.0 Å². The Kier molecular flexibility index (Phi) is 5.44. The van der Waals surface area contributed by atoms with Crippen LogP contribution in [0.5, 0.6) is 0 Å². The third-order valence-electron chi connectivity index (χ3n) is 4.05. The Morgan fingerprint density at radius 3 is 2.68 bits per heavy atom. The molecule has 19 heavy (non-hydrogen) atoms. The first-order valence-electron chi connectivity index (χ1n) is 7.44. The monoisotopic (exact) mass is 281 g/mol. The predicted molar refractivity (Wildman–Crippen MR) is 80.6 cm³/mol. The molecule has 1 saturated carbocycles. The highest BCUT2D eigenvalue weighted by molar-refractivity contribution is 6.29. The lowest BCUT2D eigenvalue weighted by atomic mass is 9.81. The van der Waals surface area contributed by atoms with Crippen molar-refractivity contribution in [2.45, 2.75) is 52.4 Å². The minimum Gasteiger partial charge on any atom is -0.370 e. The van der Waals surface area contributed by atoms with Gasteiger partial charge in [0.1, 0.15) is 16.8 Å². The fourth-order valence-corrected chi connectivity index (χ4v) is 2.94. The average Bonchev–Trinajstić information content (AvgIpc) is 2.40. The van der Waals surface area contributed by atoms with Crippen LogP contribution in [0.15, 0.2) is 6.07 Å². The van der Waals surface area contributed by atoms with Gasteiger partial charge >= 0.3 is 0 Å². The Morgan fingerprint density at radius 1 is 1.26 bits per heavy atom. The number of anilines is 1. The van der Waals surface area contributed by atoms with Gasteiger partial charge in [-0.3, -0.25) is 0 Å². The number of hydrogen-bond acceptors (Lipinski definition) is 3. The first-order valence-corrected chi connectivity index (χ1v) is 7.82. The zero-order valence-corrected chi connectivity index (χ0v) is 12.7. The van der Waals surface area contributed by atoms with Crippen molar-refractivity contribution in [2.75, 3.05) is 11.9 Å². The van der Waals surface area contributed by atoms with Gasteiger partial charge in [0.05, 0.1) is 0 Å². The second kappa shape index (κ2) is 7.09. The second-order valence-corrected chi connectivity index (χ2v) is 6.07. The molecule has 1 aromatic rings. The summed E-state index contributed by atoms with van der Waals surface area (Å²) in [4.78, 5) is 8.61. The first kappa shape index (κ1) is 14.6. The van der Waals surface area contributed by atoms with Crippen molar-refractivity contribution in [3.8, 4) is 0 Å². The summed E-state index contributed by atoms with van der Waals surface area (Å²) < 4.78 is 0. The van der Waals surface area contributed by atoms with Gasteiger partial charge in [0, 0.05) is 19.0 Å². The lowest BCUT2D eigenvalue weighted by molar-refractivity contribution is 0.282. The van der Waals surface area contributed by atoms with Crippen LogP contribution in [0.4, 0.5) is 5.82 Å². The van der Waals surface area contributed by atoms with E-state index in [1.807, 2.05) is 13.0 Å². The van der Waals surface area contributed by atoms with Gasteiger partial charge in [0.25, 0.3) is 0 Å². The lowest BCUT2D eigenvalue weighted by Gasteiger charge is -2.26. The van der Waals surface area contributed by atoms with E-state index in [1.54, 1.807) is 0 Å². The van der Waals surface area contributed by atoms with Crippen LogP contribution in [-0.2, 0) is 6.42 Å². The van der Waals surface area contributed by atoms with E-state index in [4.69, 9.17) is 11.6 Å². The first-order chi connectivity index (χ1) is 9.17. The third kappa shape index (κ3) is 4.64. The van der Waals surface area contributed by atoms with Gasteiger partial charge < -0.3 is 5.32 Å². The van der Waals surface area contributed by atoms with Crippen molar-refractivity contribution in [3.63, 3.8) is 0 Å². The molecule has 0 bridgehead atoms. The van der Waals surface area contributed by atoms with Crippen LogP contribution in [0.3, 0.4) is 0 Å². The third-order valence-corrected chi connectivity index (χ3v) is 4.25. The minimum atomic E-state index is 0.529. The maximum Gasteiger partial charge on any atom is 0.134 e. The molecule has 0 aliphatic heterocycles. The molecule has 106 valence electrons. The van der Waals surface area contributed by atoms with Crippen molar-refractivity contribution < 1.29 is 0 Å². The molecule has 1 aliphatic carbocycles. The molecule has 0 saturated heterocycles. The van der Waals surface area contributed by atoms with Gasteiger partial charge in [0.15, 0.2) is 0 Å². The molecular formula is C15H24ClN3. The lowest BCUT2D eigenvalue weighted by Crippen LogP contribution is -2.16. The summed E-state index contributed by atoms with van der Waals surface area (Å²) in [7, 11) is 0. The summed E-state index contributed by atoms with van der Waals surface area (Å²) >= 11 is 5.98. The van der Waals surface area contributed by atoms with Crippen molar-refractivity contribution in [1.29, 1.82) is 0 Å². The zero-order chi connectivity index (χ0) is 13.7. The molecule has 1 aromatic heterocycles. The van der Waals surface area contributed by atoms with E-state index in [-0.39, 0.29) is 0 Å². The van der Waals surface area contributed by atoms with Gasteiger partial charge in [-0.25, -0.2) is 9.97 Å². The van der Waals surface area contributed by atoms with Crippen LogP contribution in [0.25, 0.3) is 0 Å². The van der Waals surface area contributed by atoms with Crippen molar-refractivity contribution >= 4 is 17.4 Å². The molecule has 1 heterocycles.